The predicted octanol–water partition coefficient (Wildman–Crippen LogP) is -3.30. The van der Waals surface area contributed by atoms with Crippen LogP contribution in [0.15, 0.2) is 0 Å². The lowest BCUT2D eigenvalue weighted by Crippen LogP contribution is -2.35. The van der Waals surface area contributed by atoms with Crippen molar-refractivity contribution >= 4 is 0 Å². The monoisotopic (exact) mass is 198 g/mol. The summed E-state index contributed by atoms with van der Waals surface area (Å²) in [6.07, 6.45) is -3.60. The molecule has 7 heteroatoms. The third-order valence-electron chi connectivity index (χ3n) is 1.14. The minimum atomic E-state index is -3.01. The molecule has 0 spiro atoms. The third-order valence-corrected chi connectivity index (χ3v) is 1.14. The first kappa shape index (κ1) is 12.7. The van der Waals surface area contributed by atoms with Crippen molar-refractivity contribution in [3.05, 3.63) is 0 Å². The standard InChI is InChI=1S/C6H14O7/c7-2-4(8)3-13-5(9)1-6(10,11)12/h4-5,7-12H,1-3H2. The number of ether oxygens (including phenoxy) is 1. The Bertz CT molecular complexity index is 131. The van der Waals surface area contributed by atoms with Gasteiger partial charge in [0.25, 0.3) is 5.97 Å². The molecular formula is C6H14O7. The molecule has 2 unspecified atom stereocenters. The van der Waals surface area contributed by atoms with Crippen LogP contribution in [0.25, 0.3) is 0 Å². The van der Waals surface area contributed by atoms with Crippen LogP contribution in [0.5, 0.6) is 0 Å². The van der Waals surface area contributed by atoms with E-state index in [0.717, 1.165) is 0 Å². The van der Waals surface area contributed by atoms with Gasteiger partial charge in [-0.05, 0) is 0 Å². The fraction of sp³-hybridized carbons (Fsp3) is 1.00. The van der Waals surface area contributed by atoms with Crippen molar-refractivity contribution in [2.45, 2.75) is 24.8 Å². The van der Waals surface area contributed by atoms with E-state index < -0.39 is 31.4 Å². The highest BCUT2D eigenvalue weighted by molar-refractivity contribution is 4.54. The SMILES string of the molecule is OCC(O)COC(O)CC(O)(O)O. The minimum absolute atomic E-state index is 0.367. The van der Waals surface area contributed by atoms with E-state index >= 15 is 0 Å². The van der Waals surface area contributed by atoms with Gasteiger partial charge in [0.15, 0.2) is 6.29 Å². The highest BCUT2D eigenvalue weighted by Gasteiger charge is 2.24. The summed E-state index contributed by atoms with van der Waals surface area (Å²) in [6, 6.07) is 0. The Morgan fingerprint density at radius 3 is 2.08 bits per heavy atom. The van der Waals surface area contributed by atoms with Crippen molar-refractivity contribution in [2.24, 2.45) is 0 Å². The van der Waals surface area contributed by atoms with Crippen LogP contribution in [0.1, 0.15) is 6.42 Å². The molecule has 0 saturated heterocycles. The fourth-order valence-corrected chi connectivity index (χ4v) is 0.568. The summed E-state index contributed by atoms with van der Waals surface area (Å²) < 4.78 is 4.44. The Morgan fingerprint density at radius 1 is 1.15 bits per heavy atom. The van der Waals surface area contributed by atoms with Crippen LogP contribution in [-0.4, -0.2) is 62.2 Å². The maximum atomic E-state index is 8.83. The molecule has 7 nitrogen and oxygen atoms in total. The lowest BCUT2D eigenvalue weighted by molar-refractivity contribution is -0.337. The van der Waals surface area contributed by atoms with Crippen molar-refractivity contribution in [3.8, 4) is 0 Å². The second-order valence-corrected chi connectivity index (χ2v) is 2.60. The summed E-state index contributed by atoms with van der Waals surface area (Å²) in [5, 5.41) is 51.0. The molecule has 0 fully saturated rings. The summed E-state index contributed by atoms with van der Waals surface area (Å²) in [7, 11) is 0. The van der Waals surface area contributed by atoms with Crippen LogP contribution < -0.4 is 0 Å². The van der Waals surface area contributed by atoms with Gasteiger partial charge in [0, 0.05) is 0 Å². The van der Waals surface area contributed by atoms with Crippen molar-refractivity contribution in [3.63, 3.8) is 0 Å². The average molecular weight is 198 g/mol. The molecule has 80 valence electrons. The Kier molecular flexibility index (Phi) is 5.33. The topological polar surface area (TPSA) is 131 Å². The smallest absolute Gasteiger partial charge is 0.280 e. The van der Waals surface area contributed by atoms with Crippen LogP contribution in [-0.2, 0) is 4.74 Å². The van der Waals surface area contributed by atoms with E-state index in [0.29, 0.717) is 0 Å². The molecule has 0 rings (SSSR count). The van der Waals surface area contributed by atoms with Crippen LogP contribution in [0.4, 0.5) is 0 Å². The van der Waals surface area contributed by atoms with Crippen molar-refractivity contribution in [1.29, 1.82) is 0 Å². The summed E-state index contributed by atoms with van der Waals surface area (Å²) >= 11 is 0. The first-order valence-electron chi connectivity index (χ1n) is 3.61. The molecular weight excluding hydrogens is 184 g/mol. The van der Waals surface area contributed by atoms with E-state index in [-0.39, 0.29) is 6.61 Å². The molecule has 0 saturated carbocycles. The summed E-state index contributed by atoms with van der Waals surface area (Å²) in [4.78, 5) is 0. The quantitative estimate of drug-likeness (QED) is 0.246. The molecule has 0 radical (unpaired) electrons. The first-order chi connectivity index (χ1) is 5.85. The molecule has 0 amide bonds. The Labute approximate surface area is 74.4 Å². The Hall–Kier alpha value is -0.280. The fourth-order valence-electron chi connectivity index (χ4n) is 0.568. The van der Waals surface area contributed by atoms with Gasteiger partial charge in [-0.15, -0.1) is 0 Å². The molecule has 0 aliphatic rings. The molecule has 13 heavy (non-hydrogen) atoms. The number of rotatable bonds is 6. The minimum Gasteiger partial charge on any atom is -0.394 e. The number of hydrogen-bond donors (Lipinski definition) is 6. The van der Waals surface area contributed by atoms with Crippen LogP contribution in [0, 0.1) is 0 Å². The summed E-state index contributed by atoms with van der Waals surface area (Å²) in [5.74, 6) is -3.01. The number of hydrogen-bond acceptors (Lipinski definition) is 7. The van der Waals surface area contributed by atoms with Gasteiger partial charge in [-0.2, -0.15) is 0 Å². The summed E-state index contributed by atoms with van der Waals surface area (Å²) in [6.45, 7) is -0.900. The lowest BCUT2D eigenvalue weighted by atomic mass is 10.3. The normalized spacial score (nSPS) is 17.1. The molecule has 0 aromatic carbocycles. The van der Waals surface area contributed by atoms with Gasteiger partial charge in [-0.3, -0.25) is 0 Å². The third kappa shape index (κ3) is 8.06. The highest BCUT2D eigenvalue weighted by atomic mass is 16.7. The zero-order chi connectivity index (χ0) is 10.5. The van der Waals surface area contributed by atoms with Gasteiger partial charge in [0.1, 0.15) is 6.10 Å². The predicted molar refractivity (Wildman–Crippen MR) is 39.1 cm³/mol. The molecule has 0 aromatic heterocycles. The second kappa shape index (κ2) is 5.45. The summed E-state index contributed by atoms with van der Waals surface area (Å²) in [5.41, 5.74) is 0. The number of aliphatic hydroxyl groups excluding tert-OH is 3. The van der Waals surface area contributed by atoms with E-state index in [4.69, 9.17) is 30.6 Å². The molecule has 2 atom stereocenters. The van der Waals surface area contributed by atoms with Gasteiger partial charge in [-0.25, -0.2) is 0 Å². The van der Waals surface area contributed by atoms with Gasteiger partial charge in [-0.1, -0.05) is 0 Å². The van der Waals surface area contributed by atoms with Gasteiger partial charge in [0.2, 0.25) is 0 Å². The van der Waals surface area contributed by atoms with E-state index in [9.17, 15) is 0 Å². The zero-order valence-corrected chi connectivity index (χ0v) is 6.87. The average Bonchev–Trinajstić information content (AvgIpc) is 1.97. The maximum Gasteiger partial charge on any atom is 0.280 e. The van der Waals surface area contributed by atoms with Crippen LogP contribution in [0.3, 0.4) is 0 Å². The van der Waals surface area contributed by atoms with Crippen LogP contribution >= 0.6 is 0 Å². The molecule has 0 bridgehead atoms. The van der Waals surface area contributed by atoms with E-state index in [1.165, 1.54) is 0 Å². The Balaban J connectivity index is 3.57. The maximum absolute atomic E-state index is 8.83. The molecule has 0 aliphatic carbocycles. The van der Waals surface area contributed by atoms with E-state index in [1.54, 1.807) is 0 Å². The molecule has 6 N–H and O–H groups in total. The van der Waals surface area contributed by atoms with E-state index in [1.807, 2.05) is 0 Å². The van der Waals surface area contributed by atoms with Crippen LogP contribution in [0.2, 0.25) is 0 Å². The van der Waals surface area contributed by atoms with Gasteiger partial charge >= 0.3 is 0 Å². The first-order valence-corrected chi connectivity index (χ1v) is 3.61. The lowest BCUT2D eigenvalue weighted by Gasteiger charge is -2.19. The molecule has 0 aromatic rings. The zero-order valence-electron chi connectivity index (χ0n) is 6.87. The van der Waals surface area contributed by atoms with Crippen molar-refractivity contribution in [2.75, 3.05) is 13.2 Å². The van der Waals surface area contributed by atoms with Gasteiger partial charge < -0.3 is 35.4 Å². The van der Waals surface area contributed by atoms with Crippen molar-refractivity contribution < 1.29 is 35.4 Å². The second-order valence-electron chi connectivity index (χ2n) is 2.60. The van der Waals surface area contributed by atoms with Crippen molar-refractivity contribution in [1.82, 2.24) is 0 Å². The highest BCUT2D eigenvalue weighted by Crippen LogP contribution is 2.06. The van der Waals surface area contributed by atoms with E-state index in [2.05, 4.69) is 4.74 Å². The van der Waals surface area contributed by atoms with Gasteiger partial charge in [0.05, 0.1) is 19.6 Å². The molecule has 0 aliphatic heterocycles. The largest absolute Gasteiger partial charge is 0.394 e. The Morgan fingerprint density at radius 2 is 1.69 bits per heavy atom. The number of aliphatic hydroxyl groups is 6. The molecule has 0 heterocycles.